The molecule has 72 valence electrons. The summed E-state index contributed by atoms with van der Waals surface area (Å²) in [5.74, 6) is 0. The minimum Gasteiger partial charge on any atom is -0.373 e. The third kappa shape index (κ3) is 1.94. The quantitative estimate of drug-likeness (QED) is 0.648. The van der Waals surface area contributed by atoms with Crippen molar-refractivity contribution in [3.8, 4) is 0 Å². The van der Waals surface area contributed by atoms with E-state index in [-0.39, 0.29) is 0 Å². The van der Waals surface area contributed by atoms with Crippen LogP contribution in [0.4, 0.5) is 0 Å². The van der Waals surface area contributed by atoms with Gasteiger partial charge < -0.3 is 13.3 Å². The highest BCUT2D eigenvalue weighted by Gasteiger charge is 2.40. The van der Waals surface area contributed by atoms with Crippen LogP contribution in [0.2, 0.25) is 0 Å². The summed E-state index contributed by atoms with van der Waals surface area (Å²) in [7, 11) is 2.12. The van der Waals surface area contributed by atoms with Crippen LogP contribution in [0.25, 0.3) is 0 Å². The Morgan fingerprint density at radius 3 is 1.85 bits per heavy atom. The van der Waals surface area contributed by atoms with Gasteiger partial charge in [-0.25, -0.2) is 0 Å². The molecule has 13 heavy (non-hydrogen) atoms. The van der Waals surface area contributed by atoms with E-state index >= 15 is 0 Å². The molecule has 5 heteroatoms. The fourth-order valence-electron chi connectivity index (χ4n) is 1.16. The van der Waals surface area contributed by atoms with Crippen LogP contribution in [0.1, 0.15) is 0 Å². The summed E-state index contributed by atoms with van der Waals surface area (Å²) < 4.78 is 15.9. The molecule has 0 aliphatic rings. The predicted molar refractivity (Wildman–Crippen MR) is 50.7 cm³/mol. The molecule has 0 spiro atoms. The molecule has 0 unspecified atom stereocenters. The first-order chi connectivity index (χ1) is 6.29. The highest BCUT2D eigenvalue weighted by atomic mass is 28.4. The zero-order chi connectivity index (χ0) is 9.73. The van der Waals surface area contributed by atoms with Gasteiger partial charge in [0.1, 0.15) is 0 Å². The van der Waals surface area contributed by atoms with Crippen LogP contribution in [0.15, 0.2) is 24.5 Å². The molecular weight excluding hydrogens is 186 g/mol. The molecule has 1 aromatic heterocycles. The van der Waals surface area contributed by atoms with Gasteiger partial charge in [0.15, 0.2) is 0 Å². The van der Waals surface area contributed by atoms with E-state index < -0.39 is 8.80 Å². The van der Waals surface area contributed by atoms with E-state index in [1.807, 2.05) is 12.1 Å². The van der Waals surface area contributed by atoms with Crippen LogP contribution in [0, 0.1) is 0 Å². The Kier molecular flexibility index (Phi) is 3.55. The van der Waals surface area contributed by atoms with Crippen molar-refractivity contribution >= 4 is 14.0 Å². The number of hydrogen-bond donors (Lipinski definition) is 0. The SMILES string of the molecule is CO[Si](OC)(OC)c1ccncc1. The van der Waals surface area contributed by atoms with Gasteiger partial charge in [0.25, 0.3) is 0 Å². The van der Waals surface area contributed by atoms with Gasteiger partial charge >= 0.3 is 8.80 Å². The Morgan fingerprint density at radius 1 is 1.00 bits per heavy atom. The van der Waals surface area contributed by atoms with Crippen molar-refractivity contribution in [3.63, 3.8) is 0 Å². The molecule has 4 nitrogen and oxygen atoms in total. The van der Waals surface area contributed by atoms with Crippen molar-refractivity contribution in [1.82, 2.24) is 4.98 Å². The first-order valence-electron chi connectivity index (χ1n) is 3.85. The van der Waals surface area contributed by atoms with E-state index in [0.717, 1.165) is 5.19 Å². The number of aromatic nitrogens is 1. The molecule has 0 atom stereocenters. The zero-order valence-electron chi connectivity index (χ0n) is 7.98. The Hall–Kier alpha value is -0.753. The first-order valence-corrected chi connectivity index (χ1v) is 5.57. The Bertz CT molecular complexity index is 243. The number of hydrogen-bond acceptors (Lipinski definition) is 4. The summed E-state index contributed by atoms with van der Waals surface area (Å²) in [4.78, 5) is 3.92. The fraction of sp³-hybridized carbons (Fsp3) is 0.375. The van der Waals surface area contributed by atoms with Crippen LogP contribution >= 0.6 is 0 Å². The monoisotopic (exact) mass is 199 g/mol. The van der Waals surface area contributed by atoms with E-state index in [1.165, 1.54) is 0 Å². The maximum atomic E-state index is 5.29. The van der Waals surface area contributed by atoms with Crippen molar-refractivity contribution < 1.29 is 13.3 Å². The van der Waals surface area contributed by atoms with E-state index in [0.29, 0.717) is 0 Å². The molecule has 0 amide bonds. The summed E-state index contributed by atoms with van der Waals surface area (Å²) in [6.07, 6.45) is 3.38. The van der Waals surface area contributed by atoms with Crippen LogP contribution < -0.4 is 5.19 Å². The molecule has 0 saturated carbocycles. The van der Waals surface area contributed by atoms with Crippen molar-refractivity contribution in [3.05, 3.63) is 24.5 Å². The molecule has 1 rings (SSSR count). The van der Waals surface area contributed by atoms with Crippen LogP contribution in [0.5, 0.6) is 0 Å². The molecule has 0 aromatic carbocycles. The lowest BCUT2D eigenvalue weighted by Crippen LogP contribution is -2.54. The highest BCUT2D eigenvalue weighted by Crippen LogP contribution is 2.05. The Labute approximate surface area is 78.8 Å². The van der Waals surface area contributed by atoms with Gasteiger partial charge in [0, 0.05) is 38.9 Å². The van der Waals surface area contributed by atoms with E-state index in [4.69, 9.17) is 13.3 Å². The molecular formula is C8H13NO3Si. The van der Waals surface area contributed by atoms with Gasteiger partial charge in [-0.3, -0.25) is 4.98 Å². The minimum atomic E-state index is -2.63. The van der Waals surface area contributed by atoms with Crippen molar-refractivity contribution in [2.24, 2.45) is 0 Å². The normalized spacial score (nSPS) is 11.6. The molecule has 0 saturated heterocycles. The van der Waals surface area contributed by atoms with E-state index in [1.54, 1.807) is 33.7 Å². The van der Waals surface area contributed by atoms with Crippen LogP contribution in [-0.2, 0) is 13.3 Å². The highest BCUT2D eigenvalue weighted by molar-refractivity contribution is 6.75. The van der Waals surface area contributed by atoms with Gasteiger partial charge in [-0.15, -0.1) is 0 Å². The summed E-state index contributed by atoms with van der Waals surface area (Å²) in [5, 5.41) is 0.912. The van der Waals surface area contributed by atoms with Crippen molar-refractivity contribution in [1.29, 1.82) is 0 Å². The van der Waals surface area contributed by atoms with Crippen molar-refractivity contribution in [2.45, 2.75) is 0 Å². The third-order valence-electron chi connectivity index (χ3n) is 1.84. The van der Waals surface area contributed by atoms with Gasteiger partial charge in [-0.05, 0) is 12.1 Å². The number of pyridine rings is 1. The third-order valence-corrected chi connectivity index (χ3v) is 4.49. The fourth-order valence-corrected chi connectivity index (χ4v) is 2.92. The van der Waals surface area contributed by atoms with E-state index in [9.17, 15) is 0 Å². The van der Waals surface area contributed by atoms with Crippen molar-refractivity contribution in [2.75, 3.05) is 21.3 Å². The lowest BCUT2D eigenvalue weighted by atomic mass is 10.5. The Morgan fingerprint density at radius 2 is 1.46 bits per heavy atom. The second kappa shape index (κ2) is 4.47. The number of nitrogens with zero attached hydrogens (tertiary/aromatic N) is 1. The second-order valence-electron chi connectivity index (χ2n) is 2.40. The summed E-state index contributed by atoms with van der Waals surface area (Å²) in [6, 6.07) is 3.67. The molecule has 0 bridgehead atoms. The topological polar surface area (TPSA) is 40.6 Å². The average Bonchev–Trinajstić information content (AvgIpc) is 2.23. The molecule has 0 radical (unpaired) electrons. The second-order valence-corrected chi connectivity index (χ2v) is 5.32. The first kappa shape index (κ1) is 10.3. The summed E-state index contributed by atoms with van der Waals surface area (Å²) in [6.45, 7) is 0. The van der Waals surface area contributed by atoms with E-state index in [2.05, 4.69) is 4.98 Å². The molecule has 0 aliphatic heterocycles. The standard InChI is InChI=1S/C8H13NO3Si/c1-10-13(11-2,12-3)8-4-6-9-7-5-8/h4-7H,1-3H3. The minimum absolute atomic E-state index is 0.912. The molecule has 1 aromatic rings. The number of rotatable bonds is 4. The average molecular weight is 199 g/mol. The summed E-state index contributed by atoms with van der Waals surface area (Å²) in [5.41, 5.74) is 0. The van der Waals surface area contributed by atoms with Gasteiger partial charge in [0.2, 0.25) is 0 Å². The molecule has 0 fully saturated rings. The maximum absolute atomic E-state index is 5.29. The summed E-state index contributed by atoms with van der Waals surface area (Å²) >= 11 is 0. The lowest BCUT2D eigenvalue weighted by molar-refractivity contribution is 0.140. The van der Waals surface area contributed by atoms with Crippen LogP contribution in [-0.4, -0.2) is 35.1 Å². The zero-order valence-corrected chi connectivity index (χ0v) is 8.98. The van der Waals surface area contributed by atoms with Gasteiger partial charge in [-0.1, -0.05) is 0 Å². The lowest BCUT2D eigenvalue weighted by Gasteiger charge is -2.23. The molecule has 0 N–H and O–H groups in total. The Balaban J connectivity index is 3.01. The van der Waals surface area contributed by atoms with Gasteiger partial charge in [0.05, 0.1) is 0 Å². The predicted octanol–water partition coefficient (Wildman–Crippen LogP) is 0.167. The molecule has 1 heterocycles. The maximum Gasteiger partial charge on any atom is 0.536 e. The molecule has 0 aliphatic carbocycles. The van der Waals surface area contributed by atoms with Gasteiger partial charge in [-0.2, -0.15) is 0 Å². The largest absolute Gasteiger partial charge is 0.536 e. The smallest absolute Gasteiger partial charge is 0.373 e. The van der Waals surface area contributed by atoms with Crippen LogP contribution in [0.3, 0.4) is 0 Å².